The molecule has 4 heteroatoms. The Morgan fingerprint density at radius 2 is 2.00 bits per heavy atom. The van der Waals surface area contributed by atoms with Gasteiger partial charge in [0.25, 0.3) is 0 Å². The molecule has 0 radical (unpaired) electrons. The number of rotatable bonds is 5. The van der Waals surface area contributed by atoms with Gasteiger partial charge in [-0.25, -0.2) is 0 Å². The smallest absolute Gasteiger partial charge is 0.223 e. The van der Waals surface area contributed by atoms with E-state index in [1.807, 2.05) is 13.8 Å². The minimum atomic E-state index is -0.417. The Hall–Kier alpha value is -0.570. The van der Waals surface area contributed by atoms with E-state index in [9.17, 15) is 9.59 Å². The third kappa shape index (κ3) is 7.54. The Morgan fingerprint density at radius 1 is 1.42 bits per heavy atom. The summed E-state index contributed by atoms with van der Waals surface area (Å²) >= 11 is 5.08. The summed E-state index contributed by atoms with van der Waals surface area (Å²) < 4.78 is 0. The highest BCUT2D eigenvalue weighted by molar-refractivity contribution is 6.63. The molecule has 0 aliphatic heterocycles. The second-order valence-corrected chi connectivity index (χ2v) is 3.47. The first-order valence-electron chi connectivity index (χ1n) is 3.97. The molecule has 0 rings (SSSR count). The number of carbonyl (C=O) groups excluding carboxylic acids is 2. The minimum absolute atomic E-state index is 0.0251. The second kappa shape index (κ2) is 6.00. The largest absolute Gasteiger partial charge is 0.356 e. The van der Waals surface area contributed by atoms with Crippen molar-refractivity contribution in [3.8, 4) is 0 Å². The molecule has 1 N–H and O–H groups in total. The molecule has 0 fully saturated rings. The van der Waals surface area contributed by atoms with E-state index in [1.54, 1.807) is 0 Å². The van der Waals surface area contributed by atoms with Gasteiger partial charge in [0.1, 0.15) is 0 Å². The maximum absolute atomic E-state index is 11.0. The first-order valence-corrected chi connectivity index (χ1v) is 4.35. The normalized spacial score (nSPS) is 10.0. The Balaban J connectivity index is 3.38. The van der Waals surface area contributed by atoms with Gasteiger partial charge in [0, 0.05) is 19.4 Å². The fraction of sp³-hybridized carbons (Fsp3) is 0.750. The van der Waals surface area contributed by atoms with Crippen LogP contribution in [0.15, 0.2) is 0 Å². The van der Waals surface area contributed by atoms with Crippen molar-refractivity contribution < 1.29 is 9.59 Å². The SMILES string of the molecule is CC(C)CC(=O)NCCC(=O)Cl. The van der Waals surface area contributed by atoms with E-state index >= 15 is 0 Å². The number of halogens is 1. The summed E-state index contributed by atoms with van der Waals surface area (Å²) in [5, 5.41) is 2.18. The Morgan fingerprint density at radius 3 is 2.42 bits per heavy atom. The van der Waals surface area contributed by atoms with Crippen molar-refractivity contribution in [3.05, 3.63) is 0 Å². The third-order valence-corrected chi connectivity index (χ3v) is 1.43. The summed E-state index contributed by atoms with van der Waals surface area (Å²) in [4.78, 5) is 21.2. The van der Waals surface area contributed by atoms with E-state index in [1.165, 1.54) is 0 Å². The van der Waals surface area contributed by atoms with Gasteiger partial charge < -0.3 is 5.32 Å². The predicted octanol–water partition coefficient (Wildman–Crippen LogP) is 1.30. The molecule has 0 aromatic rings. The van der Waals surface area contributed by atoms with Crippen molar-refractivity contribution in [2.45, 2.75) is 26.7 Å². The van der Waals surface area contributed by atoms with Crippen LogP contribution in [-0.4, -0.2) is 17.7 Å². The van der Waals surface area contributed by atoms with Gasteiger partial charge in [-0.3, -0.25) is 9.59 Å². The zero-order chi connectivity index (χ0) is 9.56. The van der Waals surface area contributed by atoms with E-state index in [0.29, 0.717) is 18.9 Å². The first-order chi connectivity index (χ1) is 5.52. The van der Waals surface area contributed by atoms with Crippen LogP contribution >= 0.6 is 11.6 Å². The average molecular weight is 192 g/mol. The van der Waals surface area contributed by atoms with Gasteiger partial charge in [0.05, 0.1) is 0 Å². The maximum atomic E-state index is 11.0. The summed E-state index contributed by atoms with van der Waals surface area (Å²) in [6.07, 6.45) is 0.696. The summed E-state index contributed by atoms with van der Waals surface area (Å²) in [7, 11) is 0. The quantitative estimate of drug-likeness (QED) is 0.666. The highest BCUT2D eigenvalue weighted by Crippen LogP contribution is 1.98. The van der Waals surface area contributed by atoms with Gasteiger partial charge in [-0.2, -0.15) is 0 Å². The second-order valence-electron chi connectivity index (χ2n) is 3.05. The van der Waals surface area contributed by atoms with Gasteiger partial charge in [-0.15, -0.1) is 0 Å². The van der Waals surface area contributed by atoms with Crippen LogP contribution in [0.3, 0.4) is 0 Å². The van der Waals surface area contributed by atoms with Crippen LogP contribution in [0, 0.1) is 5.92 Å². The maximum Gasteiger partial charge on any atom is 0.223 e. The molecule has 0 aliphatic carbocycles. The molecule has 0 saturated carbocycles. The van der Waals surface area contributed by atoms with Crippen LogP contribution < -0.4 is 5.32 Å². The Labute approximate surface area is 77.5 Å². The van der Waals surface area contributed by atoms with Crippen molar-refractivity contribution in [3.63, 3.8) is 0 Å². The third-order valence-electron chi connectivity index (χ3n) is 1.24. The van der Waals surface area contributed by atoms with Crippen molar-refractivity contribution >= 4 is 22.8 Å². The molecule has 0 spiro atoms. The molecular weight excluding hydrogens is 178 g/mol. The standard InChI is InChI=1S/C8H14ClNO2/c1-6(2)5-8(12)10-4-3-7(9)11/h6H,3-5H2,1-2H3,(H,10,12). The lowest BCUT2D eigenvalue weighted by molar-refractivity contribution is -0.121. The van der Waals surface area contributed by atoms with Crippen molar-refractivity contribution in [2.75, 3.05) is 6.54 Å². The van der Waals surface area contributed by atoms with Gasteiger partial charge in [-0.1, -0.05) is 13.8 Å². The van der Waals surface area contributed by atoms with Crippen LogP contribution in [0.4, 0.5) is 0 Å². The molecule has 0 aromatic carbocycles. The monoisotopic (exact) mass is 191 g/mol. The van der Waals surface area contributed by atoms with Crippen LogP contribution in [0.1, 0.15) is 26.7 Å². The zero-order valence-corrected chi connectivity index (χ0v) is 8.15. The molecule has 12 heavy (non-hydrogen) atoms. The summed E-state index contributed by atoms with van der Waals surface area (Å²) in [6, 6.07) is 0. The van der Waals surface area contributed by atoms with Crippen molar-refractivity contribution in [1.29, 1.82) is 0 Å². The number of amides is 1. The molecule has 1 amide bonds. The molecule has 0 bridgehead atoms. The minimum Gasteiger partial charge on any atom is -0.356 e. The van der Waals surface area contributed by atoms with E-state index in [2.05, 4.69) is 5.32 Å². The van der Waals surface area contributed by atoms with Gasteiger partial charge in [-0.05, 0) is 17.5 Å². The summed E-state index contributed by atoms with van der Waals surface area (Å²) in [5.41, 5.74) is 0. The van der Waals surface area contributed by atoms with Gasteiger partial charge >= 0.3 is 0 Å². The topological polar surface area (TPSA) is 46.2 Å². The number of carbonyl (C=O) groups is 2. The average Bonchev–Trinajstić information content (AvgIpc) is 1.84. The molecule has 70 valence electrons. The van der Waals surface area contributed by atoms with Crippen molar-refractivity contribution in [1.82, 2.24) is 5.32 Å². The number of hydrogen-bond donors (Lipinski definition) is 1. The molecular formula is C8H14ClNO2. The van der Waals surface area contributed by atoms with Gasteiger partial charge in [0.2, 0.25) is 11.1 Å². The number of hydrogen-bond acceptors (Lipinski definition) is 2. The molecule has 0 aromatic heterocycles. The van der Waals surface area contributed by atoms with E-state index < -0.39 is 5.24 Å². The Bertz CT molecular complexity index is 168. The first kappa shape index (κ1) is 11.4. The molecule has 3 nitrogen and oxygen atoms in total. The molecule has 0 aliphatic rings. The van der Waals surface area contributed by atoms with Crippen LogP contribution in [0.5, 0.6) is 0 Å². The predicted molar refractivity (Wildman–Crippen MR) is 47.9 cm³/mol. The molecule has 0 unspecified atom stereocenters. The zero-order valence-electron chi connectivity index (χ0n) is 7.39. The summed E-state index contributed by atoms with van der Waals surface area (Å²) in [5.74, 6) is 0.319. The van der Waals surface area contributed by atoms with Crippen LogP contribution in [0.25, 0.3) is 0 Å². The van der Waals surface area contributed by atoms with Gasteiger partial charge in [0.15, 0.2) is 0 Å². The fourth-order valence-electron chi connectivity index (χ4n) is 0.743. The van der Waals surface area contributed by atoms with Crippen LogP contribution in [0.2, 0.25) is 0 Å². The van der Waals surface area contributed by atoms with Crippen LogP contribution in [-0.2, 0) is 9.59 Å². The van der Waals surface area contributed by atoms with E-state index in [0.717, 1.165) is 0 Å². The lowest BCUT2D eigenvalue weighted by Crippen LogP contribution is -2.26. The number of nitrogens with one attached hydrogen (secondary N) is 1. The summed E-state index contributed by atoms with van der Waals surface area (Å²) in [6.45, 7) is 4.27. The molecule has 0 heterocycles. The highest BCUT2D eigenvalue weighted by Gasteiger charge is 2.04. The van der Waals surface area contributed by atoms with E-state index in [-0.39, 0.29) is 12.3 Å². The lowest BCUT2D eigenvalue weighted by atomic mass is 10.1. The lowest BCUT2D eigenvalue weighted by Gasteiger charge is -2.04. The molecule has 0 saturated heterocycles. The highest BCUT2D eigenvalue weighted by atomic mass is 35.5. The Kier molecular flexibility index (Phi) is 5.72. The fourth-order valence-corrected chi connectivity index (χ4v) is 0.838. The molecule has 0 atom stereocenters. The van der Waals surface area contributed by atoms with E-state index in [4.69, 9.17) is 11.6 Å². The van der Waals surface area contributed by atoms with Crippen molar-refractivity contribution in [2.24, 2.45) is 5.92 Å².